The van der Waals surface area contributed by atoms with Crippen molar-refractivity contribution in [2.45, 2.75) is 25.4 Å². The van der Waals surface area contributed by atoms with Crippen LogP contribution >= 0.6 is 22.6 Å². The van der Waals surface area contributed by atoms with E-state index in [0.717, 1.165) is 9.13 Å². The second kappa shape index (κ2) is 11.5. The second-order valence-electron chi connectivity index (χ2n) is 9.16. The number of imidazole rings is 1. The third-order valence-corrected chi connectivity index (χ3v) is 7.20. The number of carbonyl (C=O) groups excluding carboxylic acids is 2. The smallest absolute Gasteiger partial charge is 0.325 e. The number of aromatic amines is 1. The predicted molar refractivity (Wildman–Crippen MR) is 151 cm³/mol. The fourth-order valence-electron chi connectivity index (χ4n) is 4.67. The van der Waals surface area contributed by atoms with E-state index in [9.17, 15) is 14.0 Å². The molecule has 2 atom stereocenters. The molecule has 0 bridgehead atoms. The number of hydrogen-bond donors (Lipinski definition) is 3. The van der Waals surface area contributed by atoms with E-state index in [1.165, 1.54) is 11.0 Å². The molecule has 4 aromatic rings. The van der Waals surface area contributed by atoms with Crippen molar-refractivity contribution in [3.63, 3.8) is 0 Å². The Labute approximate surface area is 238 Å². The van der Waals surface area contributed by atoms with Crippen LogP contribution in [0.2, 0.25) is 0 Å². The molecule has 1 fully saturated rings. The standard InChI is InChI=1S/C29H26FIN4O4/c1-17-25(22-12-9-20(31)16-23(22)30)33-27(32-17)24(15-18-5-3-2-4-6-18)35-28(37)26(34-29(35)38)19-7-10-21(11-8-19)39-14-13-36/h2-12,16,24,26,36H,13-15H2,1H3,(H,32,33)(H,34,38)/t24-,26+/m0/s1. The number of aliphatic hydroxyl groups is 1. The van der Waals surface area contributed by atoms with Gasteiger partial charge in [0.25, 0.3) is 5.91 Å². The van der Waals surface area contributed by atoms with E-state index in [1.807, 2.05) is 52.9 Å². The van der Waals surface area contributed by atoms with Crippen molar-refractivity contribution in [3.05, 3.63) is 105 Å². The van der Waals surface area contributed by atoms with Crippen molar-refractivity contribution >= 4 is 34.5 Å². The van der Waals surface area contributed by atoms with E-state index in [-0.39, 0.29) is 13.2 Å². The van der Waals surface area contributed by atoms with Crippen LogP contribution in [-0.4, -0.2) is 45.1 Å². The molecule has 1 saturated heterocycles. The van der Waals surface area contributed by atoms with Crippen LogP contribution in [0.3, 0.4) is 0 Å². The minimum Gasteiger partial charge on any atom is -0.491 e. The van der Waals surface area contributed by atoms with Crippen LogP contribution < -0.4 is 10.1 Å². The molecule has 1 aromatic heterocycles. The summed E-state index contributed by atoms with van der Waals surface area (Å²) in [4.78, 5) is 36.1. The van der Waals surface area contributed by atoms with Gasteiger partial charge in [0.15, 0.2) is 0 Å². The molecular weight excluding hydrogens is 614 g/mol. The van der Waals surface area contributed by atoms with Crippen LogP contribution in [0.4, 0.5) is 9.18 Å². The Balaban J connectivity index is 1.49. The largest absolute Gasteiger partial charge is 0.491 e. The number of halogens is 2. The molecule has 3 aromatic carbocycles. The first-order chi connectivity index (χ1) is 18.9. The Morgan fingerprint density at radius 2 is 1.85 bits per heavy atom. The molecule has 3 amide bonds. The maximum Gasteiger partial charge on any atom is 0.325 e. The Kier molecular flexibility index (Phi) is 7.94. The van der Waals surface area contributed by atoms with Crippen molar-refractivity contribution in [2.75, 3.05) is 13.2 Å². The first-order valence-corrected chi connectivity index (χ1v) is 13.5. The molecule has 2 heterocycles. The third kappa shape index (κ3) is 5.66. The number of nitrogens with zero attached hydrogens (tertiary/aromatic N) is 2. The number of hydrogen-bond acceptors (Lipinski definition) is 5. The first kappa shape index (κ1) is 26.8. The van der Waals surface area contributed by atoms with Crippen LogP contribution in [0.15, 0.2) is 72.8 Å². The maximum atomic E-state index is 14.8. The van der Waals surface area contributed by atoms with Gasteiger partial charge in [0.1, 0.15) is 36.1 Å². The molecule has 200 valence electrons. The molecule has 39 heavy (non-hydrogen) atoms. The summed E-state index contributed by atoms with van der Waals surface area (Å²) in [6.07, 6.45) is 0.322. The van der Waals surface area contributed by atoms with Gasteiger partial charge in [-0.1, -0.05) is 42.5 Å². The normalized spacial score (nSPS) is 15.9. The second-order valence-corrected chi connectivity index (χ2v) is 10.4. The van der Waals surface area contributed by atoms with Crippen LogP contribution in [0, 0.1) is 16.3 Å². The molecule has 0 unspecified atom stereocenters. The molecule has 3 N–H and O–H groups in total. The van der Waals surface area contributed by atoms with Gasteiger partial charge in [-0.3, -0.25) is 9.69 Å². The summed E-state index contributed by atoms with van der Waals surface area (Å²) < 4.78 is 21.0. The number of H-pyrrole nitrogens is 1. The van der Waals surface area contributed by atoms with E-state index in [4.69, 9.17) is 14.8 Å². The lowest BCUT2D eigenvalue weighted by molar-refractivity contribution is -0.129. The average Bonchev–Trinajstić information content (AvgIpc) is 3.45. The van der Waals surface area contributed by atoms with Crippen LogP contribution in [0.5, 0.6) is 5.75 Å². The number of rotatable bonds is 9. The van der Waals surface area contributed by atoms with Gasteiger partial charge in [0.2, 0.25) is 0 Å². The van der Waals surface area contributed by atoms with Gasteiger partial charge in [-0.15, -0.1) is 0 Å². The van der Waals surface area contributed by atoms with Gasteiger partial charge in [0.05, 0.1) is 12.3 Å². The summed E-state index contributed by atoms with van der Waals surface area (Å²) in [6.45, 7) is 1.84. The summed E-state index contributed by atoms with van der Waals surface area (Å²) in [6, 6.07) is 19.0. The number of benzene rings is 3. The Bertz CT molecular complexity index is 1490. The molecular formula is C29H26FIN4O4. The molecule has 8 nitrogen and oxygen atoms in total. The average molecular weight is 640 g/mol. The number of imide groups is 1. The minimum absolute atomic E-state index is 0.110. The van der Waals surface area contributed by atoms with E-state index in [1.54, 1.807) is 43.3 Å². The number of amides is 3. The lowest BCUT2D eigenvalue weighted by atomic mass is 10.0. The number of urea groups is 1. The van der Waals surface area contributed by atoms with Gasteiger partial charge < -0.3 is 20.1 Å². The van der Waals surface area contributed by atoms with E-state index in [0.29, 0.717) is 40.5 Å². The van der Waals surface area contributed by atoms with Gasteiger partial charge in [0, 0.05) is 21.2 Å². The summed E-state index contributed by atoms with van der Waals surface area (Å²) >= 11 is 2.05. The Morgan fingerprint density at radius 3 is 2.54 bits per heavy atom. The summed E-state index contributed by atoms with van der Waals surface area (Å²) in [5, 5.41) is 11.7. The highest BCUT2D eigenvalue weighted by Gasteiger charge is 2.44. The lowest BCUT2D eigenvalue weighted by Crippen LogP contribution is -2.36. The number of aromatic nitrogens is 2. The topological polar surface area (TPSA) is 108 Å². The van der Waals surface area contributed by atoms with E-state index < -0.39 is 29.8 Å². The zero-order valence-electron chi connectivity index (χ0n) is 21.0. The fourth-order valence-corrected chi connectivity index (χ4v) is 5.12. The molecule has 5 rings (SSSR count). The van der Waals surface area contributed by atoms with Crippen molar-refractivity contribution in [1.29, 1.82) is 0 Å². The lowest BCUT2D eigenvalue weighted by Gasteiger charge is -2.24. The highest BCUT2D eigenvalue weighted by Crippen LogP contribution is 2.34. The molecule has 1 aliphatic heterocycles. The quantitative estimate of drug-likeness (QED) is 0.175. The zero-order chi connectivity index (χ0) is 27.5. The molecule has 10 heteroatoms. The highest BCUT2D eigenvalue weighted by molar-refractivity contribution is 14.1. The fraction of sp³-hybridized carbons (Fsp3) is 0.207. The number of aryl methyl sites for hydroxylation is 1. The molecule has 0 radical (unpaired) electrons. The molecule has 0 spiro atoms. The van der Waals surface area contributed by atoms with Gasteiger partial charge in [-0.25, -0.2) is 14.2 Å². The summed E-state index contributed by atoms with van der Waals surface area (Å²) in [5.41, 5.74) is 2.91. The number of nitrogens with one attached hydrogen (secondary N) is 2. The van der Waals surface area contributed by atoms with Crippen molar-refractivity contribution in [2.24, 2.45) is 0 Å². The van der Waals surface area contributed by atoms with Gasteiger partial charge in [-0.2, -0.15) is 0 Å². The van der Waals surface area contributed by atoms with Crippen molar-refractivity contribution < 1.29 is 23.8 Å². The predicted octanol–water partition coefficient (Wildman–Crippen LogP) is 5.08. The highest BCUT2D eigenvalue weighted by atomic mass is 127. The minimum atomic E-state index is -0.883. The first-order valence-electron chi connectivity index (χ1n) is 12.4. The molecule has 0 saturated carbocycles. The summed E-state index contributed by atoms with van der Waals surface area (Å²) in [7, 11) is 0. The number of aliphatic hydroxyl groups excluding tert-OH is 1. The van der Waals surface area contributed by atoms with Crippen LogP contribution in [0.25, 0.3) is 11.3 Å². The molecule has 0 aliphatic carbocycles. The monoisotopic (exact) mass is 640 g/mol. The van der Waals surface area contributed by atoms with Crippen LogP contribution in [0.1, 0.15) is 34.7 Å². The number of ether oxygens (including phenoxy) is 1. The molecule has 1 aliphatic rings. The Hall–Kier alpha value is -3.77. The van der Waals surface area contributed by atoms with Crippen molar-refractivity contribution in [3.8, 4) is 17.0 Å². The van der Waals surface area contributed by atoms with Crippen LogP contribution in [-0.2, 0) is 11.2 Å². The van der Waals surface area contributed by atoms with Gasteiger partial charge in [-0.05, 0) is 71.0 Å². The van der Waals surface area contributed by atoms with E-state index in [2.05, 4.69) is 10.3 Å². The summed E-state index contributed by atoms with van der Waals surface area (Å²) in [5.74, 6) is 0.121. The zero-order valence-corrected chi connectivity index (χ0v) is 23.2. The third-order valence-electron chi connectivity index (χ3n) is 6.53. The van der Waals surface area contributed by atoms with Gasteiger partial charge >= 0.3 is 6.03 Å². The maximum absolute atomic E-state index is 14.8. The number of carbonyl (C=O) groups is 2. The SMILES string of the molecule is Cc1[nH]c([C@H](Cc2ccccc2)N2C(=O)N[C@H](c3ccc(OCCO)cc3)C2=O)nc1-c1ccc(I)cc1F. The van der Waals surface area contributed by atoms with Crippen molar-refractivity contribution in [1.82, 2.24) is 20.2 Å². The Morgan fingerprint density at radius 1 is 1.10 bits per heavy atom. The van der Waals surface area contributed by atoms with E-state index >= 15 is 0 Å².